The Hall–Kier alpha value is -1.62. The van der Waals surface area contributed by atoms with E-state index in [0.717, 1.165) is 6.07 Å². The molecule has 1 amide bonds. The molecule has 6 heteroatoms. The maximum absolute atomic E-state index is 13.7. The summed E-state index contributed by atoms with van der Waals surface area (Å²) in [6, 6.07) is 3.67. The number of aliphatic carboxylic acids is 1. The number of hydrogen-bond donors (Lipinski definition) is 1. The maximum atomic E-state index is 13.7. The van der Waals surface area contributed by atoms with Crippen LogP contribution in [0.25, 0.3) is 0 Å². The summed E-state index contributed by atoms with van der Waals surface area (Å²) in [6.07, 6.45) is 1.11. The first-order chi connectivity index (χ1) is 9.40. The minimum Gasteiger partial charge on any atom is -0.481 e. The fraction of sp³-hybridized carbons (Fsp3) is 0.429. The number of piperidine rings is 1. The van der Waals surface area contributed by atoms with Gasteiger partial charge in [-0.05, 0) is 38.0 Å². The first-order valence-corrected chi connectivity index (χ1v) is 6.76. The van der Waals surface area contributed by atoms with Gasteiger partial charge in [0.2, 0.25) is 0 Å². The molecule has 1 aliphatic heterocycles. The van der Waals surface area contributed by atoms with E-state index >= 15 is 0 Å². The SMILES string of the molecule is CC1CCC(C(=O)O)CN1C(=O)c1cc(Cl)ccc1F. The third-order valence-electron chi connectivity index (χ3n) is 3.65. The summed E-state index contributed by atoms with van der Waals surface area (Å²) in [4.78, 5) is 24.9. The van der Waals surface area contributed by atoms with E-state index in [1.165, 1.54) is 17.0 Å². The molecule has 1 N–H and O–H groups in total. The lowest BCUT2D eigenvalue weighted by atomic mass is 9.93. The van der Waals surface area contributed by atoms with E-state index in [1.807, 2.05) is 6.92 Å². The van der Waals surface area contributed by atoms with Crippen LogP contribution in [0.1, 0.15) is 30.1 Å². The molecule has 108 valence electrons. The number of benzene rings is 1. The van der Waals surface area contributed by atoms with Crippen molar-refractivity contribution in [3.8, 4) is 0 Å². The number of carboxylic acids is 1. The molecule has 0 saturated carbocycles. The minimum atomic E-state index is -0.929. The van der Waals surface area contributed by atoms with Crippen molar-refractivity contribution in [2.75, 3.05) is 6.54 Å². The molecule has 4 nitrogen and oxygen atoms in total. The second kappa shape index (κ2) is 5.79. The van der Waals surface area contributed by atoms with Crippen molar-refractivity contribution in [1.29, 1.82) is 0 Å². The average Bonchev–Trinajstić information content (AvgIpc) is 2.41. The van der Waals surface area contributed by atoms with Gasteiger partial charge in [-0.1, -0.05) is 11.6 Å². The van der Waals surface area contributed by atoms with Crippen molar-refractivity contribution in [2.45, 2.75) is 25.8 Å². The lowest BCUT2D eigenvalue weighted by Gasteiger charge is -2.36. The van der Waals surface area contributed by atoms with Crippen LogP contribution < -0.4 is 0 Å². The van der Waals surface area contributed by atoms with Gasteiger partial charge in [0.25, 0.3) is 5.91 Å². The Balaban J connectivity index is 2.26. The zero-order valence-corrected chi connectivity index (χ0v) is 11.7. The molecule has 0 radical (unpaired) electrons. The van der Waals surface area contributed by atoms with E-state index in [1.54, 1.807) is 0 Å². The fourth-order valence-corrected chi connectivity index (χ4v) is 2.58. The van der Waals surface area contributed by atoms with Gasteiger partial charge in [-0.25, -0.2) is 4.39 Å². The van der Waals surface area contributed by atoms with Gasteiger partial charge in [0.05, 0.1) is 11.5 Å². The third-order valence-corrected chi connectivity index (χ3v) is 3.89. The predicted molar refractivity (Wildman–Crippen MR) is 72.3 cm³/mol. The van der Waals surface area contributed by atoms with E-state index in [2.05, 4.69) is 0 Å². The Labute approximate surface area is 121 Å². The fourth-order valence-electron chi connectivity index (χ4n) is 2.41. The van der Waals surface area contributed by atoms with Gasteiger partial charge in [0, 0.05) is 17.6 Å². The normalized spacial score (nSPS) is 22.6. The van der Waals surface area contributed by atoms with Crippen molar-refractivity contribution >= 4 is 23.5 Å². The highest BCUT2D eigenvalue weighted by Crippen LogP contribution is 2.25. The molecule has 1 aliphatic rings. The standard InChI is InChI=1S/C14H15ClFNO3/c1-8-2-3-9(14(19)20)7-17(8)13(18)11-6-10(15)4-5-12(11)16/h4-6,8-9H,2-3,7H2,1H3,(H,19,20). The zero-order chi connectivity index (χ0) is 14.9. The molecule has 2 atom stereocenters. The number of likely N-dealkylation sites (tertiary alicyclic amines) is 1. The Bertz CT molecular complexity index is 549. The summed E-state index contributed by atoms with van der Waals surface area (Å²) in [7, 11) is 0. The number of hydrogen-bond acceptors (Lipinski definition) is 2. The second-order valence-corrected chi connectivity index (χ2v) is 5.48. The minimum absolute atomic E-state index is 0.0985. The smallest absolute Gasteiger partial charge is 0.308 e. The summed E-state index contributed by atoms with van der Waals surface area (Å²) < 4.78 is 13.7. The van der Waals surface area contributed by atoms with E-state index in [4.69, 9.17) is 16.7 Å². The Kier molecular flexibility index (Phi) is 4.28. The van der Waals surface area contributed by atoms with Gasteiger partial charge in [-0.3, -0.25) is 9.59 Å². The molecule has 1 aromatic rings. The van der Waals surface area contributed by atoms with Crippen LogP contribution in [0.4, 0.5) is 4.39 Å². The summed E-state index contributed by atoms with van der Waals surface area (Å²) in [5.41, 5.74) is -0.115. The van der Waals surface area contributed by atoms with Crippen molar-refractivity contribution < 1.29 is 19.1 Å². The van der Waals surface area contributed by atoms with Crippen LogP contribution in [0.5, 0.6) is 0 Å². The molecule has 1 saturated heterocycles. The molecular formula is C14H15ClFNO3. The van der Waals surface area contributed by atoms with Gasteiger partial charge in [-0.15, -0.1) is 0 Å². The summed E-state index contributed by atoms with van der Waals surface area (Å²) in [5.74, 6) is -2.69. The monoisotopic (exact) mass is 299 g/mol. The highest BCUT2D eigenvalue weighted by Gasteiger charge is 2.33. The van der Waals surface area contributed by atoms with Gasteiger partial charge in [0.1, 0.15) is 5.82 Å². The third kappa shape index (κ3) is 2.93. The number of carboxylic acid groups (broad SMARTS) is 1. The molecule has 0 bridgehead atoms. The Morgan fingerprint density at radius 1 is 1.40 bits per heavy atom. The van der Waals surface area contributed by atoms with Crippen LogP contribution in [0, 0.1) is 11.7 Å². The lowest BCUT2D eigenvalue weighted by Crippen LogP contribution is -2.47. The van der Waals surface area contributed by atoms with Gasteiger partial charge in [-0.2, -0.15) is 0 Å². The van der Waals surface area contributed by atoms with Crippen molar-refractivity contribution in [3.05, 3.63) is 34.6 Å². The van der Waals surface area contributed by atoms with Crippen molar-refractivity contribution in [2.24, 2.45) is 5.92 Å². The van der Waals surface area contributed by atoms with E-state index < -0.39 is 23.6 Å². The lowest BCUT2D eigenvalue weighted by molar-refractivity contribution is -0.143. The van der Waals surface area contributed by atoms with Crippen molar-refractivity contribution in [3.63, 3.8) is 0 Å². The number of amides is 1. The first-order valence-electron chi connectivity index (χ1n) is 6.39. The number of nitrogens with zero attached hydrogens (tertiary/aromatic N) is 1. The Morgan fingerprint density at radius 2 is 2.10 bits per heavy atom. The van der Waals surface area contributed by atoms with Crippen LogP contribution in [-0.4, -0.2) is 34.5 Å². The number of carbonyl (C=O) groups excluding carboxylic acids is 1. The first kappa shape index (κ1) is 14.8. The van der Waals surface area contributed by atoms with E-state index in [-0.39, 0.29) is 23.2 Å². The quantitative estimate of drug-likeness (QED) is 0.913. The van der Waals surface area contributed by atoms with Crippen LogP contribution >= 0.6 is 11.6 Å². The molecule has 2 rings (SSSR count). The second-order valence-electron chi connectivity index (χ2n) is 5.04. The van der Waals surface area contributed by atoms with E-state index in [9.17, 15) is 14.0 Å². The van der Waals surface area contributed by atoms with Gasteiger partial charge >= 0.3 is 5.97 Å². The molecule has 1 fully saturated rings. The molecule has 2 unspecified atom stereocenters. The van der Waals surface area contributed by atoms with E-state index in [0.29, 0.717) is 12.8 Å². The number of halogens is 2. The molecule has 1 heterocycles. The summed E-state index contributed by atoms with van der Waals surface area (Å²) in [5, 5.41) is 9.33. The average molecular weight is 300 g/mol. The molecule has 0 aromatic heterocycles. The molecule has 1 aromatic carbocycles. The summed E-state index contributed by atoms with van der Waals surface area (Å²) >= 11 is 5.78. The molecule has 0 aliphatic carbocycles. The predicted octanol–water partition coefficient (Wildman–Crippen LogP) is 2.80. The molecule has 0 spiro atoms. The highest BCUT2D eigenvalue weighted by molar-refractivity contribution is 6.31. The highest BCUT2D eigenvalue weighted by atomic mass is 35.5. The molecular weight excluding hydrogens is 285 g/mol. The van der Waals surface area contributed by atoms with Crippen molar-refractivity contribution in [1.82, 2.24) is 4.90 Å². The summed E-state index contributed by atoms with van der Waals surface area (Å²) in [6.45, 7) is 1.93. The van der Waals surface area contributed by atoms with Crippen LogP contribution in [-0.2, 0) is 4.79 Å². The van der Waals surface area contributed by atoms with Gasteiger partial charge in [0.15, 0.2) is 0 Å². The van der Waals surface area contributed by atoms with Crippen LogP contribution in [0.2, 0.25) is 5.02 Å². The molecule has 20 heavy (non-hydrogen) atoms. The maximum Gasteiger partial charge on any atom is 0.308 e. The van der Waals surface area contributed by atoms with Gasteiger partial charge < -0.3 is 10.0 Å². The number of rotatable bonds is 2. The van der Waals surface area contributed by atoms with Crippen LogP contribution in [0.3, 0.4) is 0 Å². The topological polar surface area (TPSA) is 57.6 Å². The largest absolute Gasteiger partial charge is 0.481 e. The Morgan fingerprint density at radius 3 is 2.75 bits per heavy atom. The van der Waals surface area contributed by atoms with Crippen LogP contribution in [0.15, 0.2) is 18.2 Å². The zero-order valence-electron chi connectivity index (χ0n) is 11.0. The number of carbonyl (C=O) groups is 2.